The van der Waals surface area contributed by atoms with Crippen molar-refractivity contribution >= 4 is 23.0 Å². The Balaban J connectivity index is 1.61. The maximum Gasteiger partial charge on any atom is 0.287 e. The molecule has 0 aliphatic rings. The normalized spacial score (nSPS) is 10.7. The fraction of sp³-hybridized carbons (Fsp3) is 0.130. The summed E-state index contributed by atoms with van der Waals surface area (Å²) < 4.78 is 1.62. The Hall–Kier alpha value is -4.00. The van der Waals surface area contributed by atoms with Gasteiger partial charge in [-0.15, -0.1) is 0 Å². The number of carbonyl (C=O) groups is 2. The smallest absolute Gasteiger partial charge is 0.287 e. The fourth-order valence-corrected chi connectivity index (χ4v) is 3.37. The summed E-state index contributed by atoms with van der Waals surface area (Å²) >= 11 is 0. The lowest BCUT2D eigenvalue weighted by Crippen LogP contribution is -2.25. The van der Waals surface area contributed by atoms with Gasteiger partial charge in [0.25, 0.3) is 11.8 Å². The topological polar surface area (TPSA) is 88.4 Å². The van der Waals surface area contributed by atoms with Crippen molar-refractivity contribution in [2.45, 2.75) is 20.4 Å². The van der Waals surface area contributed by atoms with Gasteiger partial charge in [0.15, 0.2) is 5.69 Å². The van der Waals surface area contributed by atoms with E-state index in [1.807, 2.05) is 50.2 Å². The Morgan fingerprint density at radius 1 is 1.00 bits per heavy atom. The van der Waals surface area contributed by atoms with E-state index in [0.29, 0.717) is 17.7 Å². The predicted octanol–water partition coefficient (Wildman–Crippen LogP) is 3.53. The SMILES string of the molecule is Cc1cc(C)cc(NC(=O)c2nc(C(=O)NCc3cccnc3)n3ccccc23)c1. The first-order valence-corrected chi connectivity index (χ1v) is 9.55. The van der Waals surface area contributed by atoms with Crippen LogP contribution in [0.2, 0.25) is 0 Å². The molecular formula is C23H21N5O2. The number of benzene rings is 1. The number of amides is 2. The number of nitrogens with zero attached hydrogens (tertiary/aromatic N) is 3. The maximum absolute atomic E-state index is 12.9. The number of nitrogens with one attached hydrogen (secondary N) is 2. The zero-order chi connectivity index (χ0) is 21.1. The molecule has 0 saturated heterocycles. The second kappa shape index (κ2) is 8.16. The third-order valence-corrected chi connectivity index (χ3v) is 4.62. The third-order valence-electron chi connectivity index (χ3n) is 4.62. The van der Waals surface area contributed by atoms with Gasteiger partial charge in [-0.25, -0.2) is 4.98 Å². The molecule has 7 heteroatoms. The number of hydrogen-bond acceptors (Lipinski definition) is 4. The highest BCUT2D eigenvalue weighted by Gasteiger charge is 2.21. The third kappa shape index (κ3) is 4.05. The molecule has 30 heavy (non-hydrogen) atoms. The number of aromatic nitrogens is 3. The number of pyridine rings is 2. The van der Waals surface area contributed by atoms with Crippen molar-refractivity contribution in [1.82, 2.24) is 19.7 Å². The van der Waals surface area contributed by atoms with Crippen LogP contribution in [0.1, 0.15) is 37.8 Å². The van der Waals surface area contributed by atoms with Gasteiger partial charge in [0.1, 0.15) is 0 Å². The van der Waals surface area contributed by atoms with Crippen molar-refractivity contribution in [1.29, 1.82) is 0 Å². The lowest BCUT2D eigenvalue weighted by molar-refractivity contribution is 0.0940. The molecule has 1 aromatic carbocycles. The molecule has 0 bridgehead atoms. The zero-order valence-corrected chi connectivity index (χ0v) is 16.7. The van der Waals surface area contributed by atoms with Crippen molar-refractivity contribution in [3.05, 3.63) is 95.3 Å². The minimum absolute atomic E-state index is 0.153. The van der Waals surface area contributed by atoms with Crippen LogP contribution in [0.3, 0.4) is 0 Å². The first-order valence-electron chi connectivity index (χ1n) is 9.55. The molecule has 0 atom stereocenters. The zero-order valence-electron chi connectivity index (χ0n) is 16.7. The molecule has 150 valence electrons. The van der Waals surface area contributed by atoms with Crippen molar-refractivity contribution in [3.8, 4) is 0 Å². The number of anilines is 1. The molecule has 2 N–H and O–H groups in total. The largest absolute Gasteiger partial charge is 0.345 e. The van der Waals surface area contributed by atoms with Gasteiger partial charge in [-0.3, -0.25) is 19.0 Å². The van der Waals surface area contributed by atoms with Gasteiger partial charge >= 0.3 is 0 Å². The molecule has 3 heterocycles. The highest BCUT2D eigenvalue weighted by molar-refractivity contribution is 6.09. The van der Waals surface area contributed by atoms with Gasteiger partial charge < -0.3 is 10.6 Å². The second-order valence-corrected chi connectivity index (χ2v) is 7.11. The average molecular weight is 399 g/mol. The summed E-state index contributed by atoms with van der Waals surface area (Å²) in [6, 6.07) is 14.9. The van der Waals surface area contributed by atoms with Crippen molar-refractivity contribution < 1.29 is 9.59 Å². The molecule has 0 fully saturated rings. The van der Waals surface area contributed by atoms with E-state index in [0.717, 1.165) is 16.7 Å². The maximum atomic E-state index is 12.9. The standard InChI is InChI=1S/C23H21N5O2/c1-15-10-16(2)12-18(11-15)26-22(29)20-19-7-3-4-9-28(19)21(27-20)23(30)25-14-17-6-5-8-24-13-17/h3-13H,14H2,1-2H3,(H,25,30)(H,26,29). The molecule has 0 spiro atoms. The summed E-state index contributed by atoms with van der Waals surface area (Å²) in [4.78, 5) is 34.1. The highest BCUT2D eigenvalue weighted by Crippen LogP contribution is 2.18. The van der Waals surface area contributed by atoms with Gasteiger partial charge in [0.05, 0.1) is 5.52 Å². The van der Waals surface area contributed by atoms with Crippen LogP contribution in [0, 0.1) is 13.8 Å². The molecule has 0 radical (unpaired) electrons. The van der Waals surface area contributed by atoms with Crippen LogP contribution in [-0.4, -0.2) is 26.2 Å². The van der Waals surface area contributed by atoms with Crippen LogP contribution >= 0.6 is 0 Å². The number of imidazole rings is 1. The number of aryl methyl sites for hydroxylation is 2. The molecular weight excluding hydrogens is 378 g/mol. The Bertz CT molecular complexity index is 1210. The van der Waals surface area contributed by atoms with Crippen LogP contribution in [0.15, 0.2) is 67.1 Å². The van der Waals surface area contributed by atoms with Crippen molar-refractivity contribution in [3.63, 3.8) is 0 Å². The fourth-order valence-electron chi connectivity index (χ4n) is 3.37. The van der Waals surface area contributed by atoms with Gasteiger partial charge in [-0.1, -0.05) is 18.2 Å². The van der Waals surface area contributed by atoms with Gasteiger partial charge in [0, 0.05) is 30.8 Å². The average Bonchev–Trinajstić information content (AvgIpc) is 3.12. The Kier molecular flexibility index (Phi) is 5.26. The Labute approximate surface area is 173 Å². The molecule has 4 aromatic rings. The summed E-state index contributed by atoms with van der Waals surface area (Å²) in [7, 11) is 0. The first kappa shape index (κ1) is 19.3. The molecule has 7 nitrogen and oxygen atoms in total. The van der Waals surface area contributed by atoms with E-state index >= 15 is 0 Å². The van der Waals surface area contributed by atoms with Crippen LogP contribution in [0.5, 0.6) is 0 Å². The van der Waals surface area contributed by atoms with Crippen molar-refractivity contribution in [2.75, 3.05) is 5.32 Å². The summed E-state index contributed by atoms with van der Waals surface area (Å²) in [6.07, 6.45) is 5.08. The van der Waals surface area contributed by atoms with Crippen LogP contribution in [0.4, 0.5) is 5.69 Å². The second-order valence-electron chi connectivity index (χ2n) is 7.11. The van der Waals surface area contributed by atoms with E-state index in [1.165, 1.54) is 0 Å². The van der Waals surface area contributed by atoms with Gasteiger partial charge in [-0.2, -0.15) is 0 Å². The minimum atomic E-state index is -0.370. The molecule has 0 aliphatic heterocycles. The van der Waals surface area contributed by atoms with E-state index < -0.39 is 0 Å². The van der Waals surface area contributed by atoms with Crippen LogP contribution in [-0.2, 0) is 6.54 Å². The number of fused-ring (bicyclic) bond motifs is 1. The lowest BCUT2D eigenvalue weighted by atomic mass is 10.1. The molecule has 0 unspecified atom stereocenters. The first-order chi connectivity index (χ1) is 14.5. The highest BCUT2D eigenvalue weighted by atomic mass is 16.2. The number of rotatable bonds is 5. The van der Waals surface area contributed by atoms with E-state index in [-0.39, 0.29) is 23.3 Å². The lowest BCUT2D eigenvalue weighted by Gasteiger charge is -2.06. The monoisotopic (exact) mass is 399 g/mol. The minimum Gasteiger partial charge on any atom is -0.345 e. The van der Waals surface area contributed by atoms with Gasteiger partial charge in [-0.05, 0) is 60.9 Å². The van der Waals surface area contributed by atoms with E-state index in [2.05, 4.69) is 20.6 Å². The summed E-state index contributed by atoms with van der Waals surface area (Å²) in [6.45, 7) is 4.26. The van der Waals surface area contributed by atoms with Crippen LogP contribution in [0.25, 0.3) is 5.52 Å². The molecule has 0 saturated carbocycles. The van der Waals surface area contributed by atoms with Gasteiger partial charge in [0.2, 0.25) is 5.82 Å². The van der Waals surface area contributed by atoms with E-state index in [1.54, 1.807) is 35.1 Å². The summed E-state index contributed by atoms with van der Waals surface area (Å²) in [5, 5.41) is 5.72. The summed E-state index contributed by atoms with van der Waals surface area (Å²) in [5.41, 5.74) is 4.43. The molecule has 3 aromatic heterocycles. The summed E-state index contributed by atoms with van der Waals surface area (Å²) in [5.74, 6) is -0.583. The van der Waals surface area contributed by atoms with E-state index in [4.69, 9.17) is 0 Å². The molecule has 4 rings (SSSR count). The van der Waals surface area contributed by atoms with E-state index in [9.17, 15) is 9.59 Å². The number of carbonyl (C=O) groups excluding carboxylic acids is 2. The molecule has 2 amide bonds. The Morgan fingerprint density at radius 3 is 2.53 bits per heavy atom. The number of hydrogen-bond donors (Lipinski definition) is 2. The quantitative estimate of drug-likeness (QED) is 0.537. The predicted molar refractivity (Wildman–Crippen MR) is 114 cm³/mol. The Morgan fingerprint density at radius 2 is 1.80 bits per heavy atom. The van der Waals surface area contributed by atoms with Crippen molar-refractivity contribution in [2.24, 2.45) is 0 Å². The van der Waals surface area contributed by atoms with Crippen LogP contribution < -0.4 is 10.6 Å². The molecule has 0 aliphatic carbocycles.